The molecular formula is C20H15N3OS. The predicted octanol–water partition coefficient (Wildman–Crippen LogP) is 4.97. The zero-order chi connectivity index (χ0) is 17.1. The third-order valence-corrected chi connectivity index (χ3v) is 4.88. The predicted molar refractivity (Wildman–Crippen MR) is 101 cm³/mol. The van der Waals surface area contributed by atoms with Crippen molar-refractivity contribution in [1.82, 2.24) is 10.2 Å². The number of nitrogens with zero attached hydrogens (tertiary/aromatic N) is 1. The number of carbonyl (C=O) groups is 1. The van der Waals surface area contributed by atoms with Gasteiger partial charge in [-0.1, -0.05) is 42.1 Å². The summed E-state index contributed by atoms with van der Waals surface area (Å²) in [5.41, 5.74) is 2.35. The molecule has 0 aliphatic carbocycles. The van der Waals surface area contributed by atoms with Gasteiger partial charge in [-0.25, -0.2) is 0 Å². The molecule has 4 aromatic rings. The van der Waals surface area contributed by atoms with E-state index < -0.39 is 0 Å². The van der Waals surface area contributed by atoms with Crippen molar-refractivity contribution < 1.29 is 4.79 Å². The highest BCUT2D eigenvalue weighted by Gasteiger charge is 2.12. The molecule has 5 heteroatoms. The van der Waals surface area contributed by atoms with Crippen LogP contribution < -0.4 is 5.32 Å². The van der Waals surface area contributed by atoms with Gasteiger partial charge < -0.3 is 5.32 Å². The maximum Gasteiger partial charge on any atom is 0.256 e. The van der Waals surface area contributed by atoms with Crippen molar-refractivity contribution in [2.45, 2.75) is 9.79 Å². The first-order chi connectivity index (χ1) is 12.3. The first-order valence-electron chi connectivity index (χ1n) is 7.86. The molecule has 122 valence electrons. The Hall–Kier alpha value is -3.05. The number of hydrogen-bond donors (Lipinski definition) is 2. The number of rotatable bonds is 4. The number of anilines is 1. The van der Waals surface area contributed by atoms with Gasteiger partial charge in [0.1, 0.15) is 0 Å². The van der Waals surface area contributed by atoms with E-state index in [0.29, 0.717) is 5.56 Å². The second-order valence-corrected chi connectivity index (χ2v) is 6.65. The molecule has 1 aromatic heterocycles. The second-order valence-electron chi connectivity index (χ2n) is 5.54. The molecule has 0 saturated heterocycles. The SMILES string of the molecule is O=C(Nc1ccc2[nH]ncc2c1)c1ccccc1Sc1ccccc1. The van der Waals surface area contributed by atoms with Crippen molar-refractivity contribution in [3.63, 3.8) is 0 Å². The lowest BCUT2D eigenvalue weighted by Gasteiger charge is -2.10. The zero-order valence-corrected chi connectivity index (χ0v) is 14.1. The molecule has 1 heterocycles. The Labute approximate surface area is 149 Å². The first kappa shape index (κ1) is 15.5. The Balaban J connectivity index is 1.59. The van der Waals surface area contributed by atoms with E-state index in [4.69, 9.17) is 0 Å². The van der Waals surface area contributed by atoms with Gasteiger partial charge in [0.15, 0.2) is 0 Å². The average molecular weight is 345 g/mol. The van der Waals surface area contributed by atoms with Gasteiger partial charge in [0.2, 0.25) is 0 Å². The Morgan fingerprint density at radius 2 is 1.76 bits per heavy atom. The second kappa shape index (κ2) is 6.83. The number of H-pyrrole nitrogens is 1. The minimum atomic E-state index is -0.123. The quantitative estimate of drug-likeness (QED) is 0.549. The highest BCUT2D eigenvalue weighted by atomic mass is 32.2. The lowest BCUT2D eigenvalue weighted by atomic mass is 10.2. The summed E-state index contributed by atoms with van der Waals surface area (Å²) in [6, 6.07) is 23.3. The van der Waals surface area contributed by atoms with E-state index in [1.54, 1.807) is 18.0 Å². The molecular weight excluding hydrogens is 330 g/mol. The standard InChI is InChI=1S/C20H15N3OS/c24-20(22-15-10-11-18-14(12-15)13-21-23-18)17-8-4-5-9-19(17)25-16-6-2-1-3-7-16/h1-13H,(H,21,23)(H,22,24). The van der Waals surface area contributed by atoms with Gasteiger partial charge in [0.05, 0.1) is 17.3 Å². The normalized spacial score (nSPS) is 10.7. The van der Waals surface area contributed by atoms with Crippen LogP contribution in [0, 0.1) is 0 Å². The van der Waals surface area contributed by atoms with Crippen LogP contribution in [0.2, 0.25) is 0 Å². The molecule has 0 spiro atoms. The van der Waals surface area contributed by atoms with Gasteiger partial charge in [0.25, 0.3) is 5.91 Å². The Morgan fingerprint density at radius 3 is 2.64 bits per heavy atom. The molecule has 4 nitrogen and oxygen atoms in total. The fraction of sp³-hybridized carbons (Fsp3) is 0. The van der Waals surface area contributed by atoms with E-state index in [1.807, 2.05) is 72.8 Å². The molecule has 0 saturated carbocycles. The summed E-state index contributed by atoms with van der Waals surface area (Å²) in [4.78, 5) is 14.8. The minimum absolute atomic E-state index is 0.123. The van der Waals surface area contributed by atoms with Crippen LogP contribution in [0.25, 0.3) is 10.9 Å². The number of fused-ring (bicyclic) bond motifs is 1. The largest absolute Gasteiger partial charge is 0.322 e. The maximum absolute atomic E-state index is 12.8. The molecule has 0 bridgehead atoms. The summed E-state index contributed by atoms with van der Waals surface area (Å²) >= 11 is 1.58. The Bertz CT molecular complexity index is 1030. The molecule has 4 rings (SSSR count). The fourth-order valence-electron chi connectivity index (χ4n) is 2.58. The number of nitrogens with one attached hydrogen (secondary N) is 2. The van der Waals surface area contributed by atoms with E-state index in [-0.39, 0.29) is 5.91 Å². The van der Waals surface area contributed by atoms with Crippen LogP contribution in [0.5, 0.6) is 0 Å². The minimum Gasteiger partial charge on any atom is -0.322 e. The van der Waals surface area contributed by atoms with Crippen LogP contribution in [0.15, 0.2) is 88.8 Å². The van der Waals surface area contributed by atoms with E-state index in [1.165, 1.54) is 0 Å². The van der Waals surface area contributed by atoms with Gasteiger partial charge in [-0.2, -0.15) is 5.10 Å². The summed E-state index contributed by atoms with van der Waals surface area (Å²) in [7, 11) is 0. The van der Waals surface area contributed by atoms with Gasteiger partial charge in [0, 0.05) is 20.9 Å². The van der Waals surface area contributed by atoms with Gasteiger partial charge in [-0.3, -0.25) is 9.89 Å². The van der Waals surface area contributed by atoms with Crippen molar-refractivity contribution in [3.8, 4) is 0 Å². The number of aromatic nitrogens is 2. The summed E-state index contributed by atoms with van der Waals surface area (Å²) in [5.74, 6) is -0.123. The molecule has 2 N–H and O–H groups in total. The fourth-order valence-corrected chi connectivity index (χ4v) is 3.54. The van der Waals surface area contributed by atoms with Crippen molar-refractivity contribution in [1.29, 1.82) is 0 Å². The summed E-state index contributed by atoms with van der Waals surface area (Å²) in [5, 5.41) is 10.8. The molecule has 0 aliphatic rings. The molecule has 0 aliphatic heterocycles. The highest BCUT2D eigenvalue weighted by Crippen LogP contribution is 2.30. The topological polar surface area (TPSA) is 57.8 Å². The van der Waals surface area contributed by atoms with Crippen molar-refractivity contribution in [3.05, 3.63) is 84.6 Å². The van der Waals surface area contributed by atoms with Crippen LogP contribution in [-0.2, 0) is 0 Å². The Morgan fingerprint density at radius 1 is 0.960 bits per heavy atom. The van der Waals surface area contributed by atoms with Gasteiger partial charge in [-0.15, -0.1) is 0 Å². The molecule has 3 aromatic carbocycles. The van der Waals surface area contributed by atoms with Crippen LogP contribution >= 0.6 is 11.8 Å². The summed E-state index contributed by atoms with van der Waals surface area (Å²) in [6.07, 6.45) is 1.74. The van der Waals surface area contributed by atoms with Crippen LogP contribution in [0.1, 0.15) is 10.4 Å². The molecule has 25 heavy (non-hydrogen) atoms. The number of aromatic amines is 1. The lowest BCUT2D eigenvalue weighted by molar-refractivity contribution is 0.102. The van der Waals surface area contributed by atoms with Crippen molar-refractivity contribution in [2.75, 3.05) is 5.32 Å². The summed E-state index contributed by atoms with van der Waals surface area (Å²) < 4.78 is 0. The number of amides is 1. The maximum atomic E-state index is 12.8. The monoisotopic (exact) mass is 345 g/mol. The zero-order valence-electron chi connectivity index (χ0n) is 13.3. The third-order valence-electron chi connectivity index (χ3n) is 3.80. The molecule has 0 unspecified atom stereocenters. The summed E-state index contributed by atoms with van der Waals surface area (Å²) in [6.45, 7) is 0. The third kappa shape index (κ3) is 3.41. The molecule has 0 atom stereocenters. The van der Waals surface area contributed by atoms with E-state index in [0.717, 1.165) is 26.4 Å². The molecule has 0 fully saturated rings. The van der Waals surface area contributed by atoms with E-state index >= 15 is 0 Å². The average Bonchev–Trinajstić information content (AvgIpc) is 3.11. The highest BCUT2D eigenvalue weighted by molar-refractivity contribution is 7.99. The molecule has 1 amide bonds. The van der Waals surface area contributed by atoms with E-state index in [2.05, 4.69) is 15.5 Å². The number of carbonyl (C=O) groups excluding carboxylic acids is 1. The van der Waals surface area contributed by atoms with Crippen molar-refractivity contribution >= 4 is 34.3 Å². The smallest absolute Gasteiger partial charge is 0.256 e. The van der Waals surface area contributed by atoms with Gasteiger partial charge in [-0.05, 0) is 42.5 Å². The lowest BCUT2D eigenvalue weighted by Crippen LogP contribution is -2.12. The first-order valence-corrected chi connectivity index (χ1v) is 8.68. The van der Waals surface area contributed by atoms with E-state index in [9.17, 15) is 4.79 Å². The van der Waals surface area contributed by atoms with Crippen molar-refractivity contribution in [2.24, 2.45) is 0 Å². The molecule has 0 radical (unpaired) electrons. The number of benzene rings is 3. The number of hydrogen-bond acceptors (Lipinski definition) is 3. The van der Waals surface area contributed by atoms with Crippen LogP contribution in [-0.4, -0.2) is 16.1 Å². The van der Waals surface area contributed by atoms with Gasteiger partial charge >= 0.3 is 0 Å². The van der Waals surface area contributed by atoms with Crippen LogP contribution in [0.3, 0.4) is 0 Å². The Kier molecular flexibility index (Phi) is 4.23. The van der Waals surface area contributed by atoms with Crippen LogP contribution in [0.4, 0.5) is 5.69 Å².